The second-order valence-electron chi connectivity index (χ2n) is 5.50. The highest BCUT2D eigenvalue weighted by Gasteiger charge is 2.25. The van der Waals surface area contributed by atoms with Crippen LogP contribution in [-0.4, -0.2) is 28.7 Å². The summed E-state index contributed by atoms with van der Waals surface area (Å²) >= 11 is 1.98. The van der Waals surface area contributed by atoms with Gasteiger partial charge in [-0.3, -0.25) is 0 Å². The van der Waals surface area contributed by atoms with Gasteiger partial charge in [-0.05, 0) is 31.5 Å². The van der Waals surface area contributed by atoms with Crippen LogP contribution in [0.2, 0.25) is 0 Å². The van der Waals surface area contributed by atoms with E-state index in [-0.39, 0.29) is 5.82 Å². The van der Waals surface area contributed by atoms with Crippen LogP contribution in [0, 0.1) is 12.7 Å². The number of hydrogen-bond acceptors (Lipinski definition) is 3. The largest absolute Gasteiger partial charge is 0.389 e. The summed E-state index contributed by atoms with van der Waals surface area (Å²) in [5, 5.41) is 11.0. The Morgan fingerprint density at radius 3 is 2.42 bits per heavy atom. The number of rotatable bonds is 2. The number of aryl methyl sites for hydroxylation is 1. The Morgan fingerprint density at radius 2 is 1.89 bits per heavy atom. The fourth-order valence-corrected chi connectivity index (χ4v) is 3.99. The molecule has 1 N–H and O–H groups in total. The van der Waals surface area contributed by atoms with E-state index < -0.39 is 6.10 Å². The van der Waals surface area contributed by atoms with Crippen molar-refractivity contribution >= 4 is 17.4 Å². The van der Waals surface area contributed by atoms with Crippen molar-refractivity contribution in [3.05, 3.63) is 29.1 Å². The number of aliphatic hydroxyl groups excluding tert-OH is 1. The maximum atomic E-state index is 13.7. The highest BCUT2D eigenvalue weighted by atomic mass is 32.2. The molecule has 4 heteroatoms. The molecule has 1 aromatic carbocycles. The highest BCUT2D eigenvalue weighted by molar-refractivity contribution is 8.00. The van der Waals surface area contributed by atoms with Crippen LogP contribution in [0.15, 0.2) is 12.1 Å². The monoisotopic (exact) mass is 283 g/mol. The molecule has 0 spiro atoms. The number of aliphatic hydroxyl groups is 1. The summed E-state index contributed by atoms with van der Waals surface area (Å²) in [5.74, 6) is -0.243. The van der Waals surface area contributed by atoms with E-state index in [9.17, 15) is 9.50 Å². The van der Waals surface area contributed by atoms with E-state index in [1.807, 2.05) is 17.8 Å². The van der Waals surface area contributed by atoms with Crippen LogP contribution in [0.4, 0.5) is 10.1 Å². The maximum absolute atomic E-state index is 13.7. The van der Waals surface area contributed by atoms with Crippen molar-refractivity contribution in [2.24, 2.45) is 0 Å². The van der Waals surface area contributed by atoms with Crippen molar-refractivity contribution < 1.29 is 9.50 Å². The van der Waals surface area contributed by atoms with Crippen molar-refractivity contribution in [3.63, 3.8) is 0 Å². The zero-order chi connectivity index (χ0) is 14.2. The quantitative estimate of drug-likeness (QED) is 0.898. The summed E-state index contributed by atoms with van der Waals surface area (Å²) < 4.78 is 13.7. The third kappa shape index (κ3) is 3.23. The first-order valence-corrected chi connectivity index (χ1v) is 7.71. The van der Waals surface area contributed by atoms with Gasteiger partial charge in [0.15, 0.2) is 0 Å². The normalized spacial score (nSPS) is 25.5. The first-order chi connectivity index (χ1) is 8.88. The fraction of sp³-hybridized carbons (Fsp3) is 0.600. The number of anilines is 1. The predicted octanol–water partition coefficient (Wildman–Crippen LogP) is 3.52. The molecule has 3 atom stereocenters. The molecule has 0 saturated carbocycles. The Kier molecular flexibility index (Phi) is 4.41. The topological polar surface area (TPSA) is 23.5 Å². The molecule has 2 unspecified atom stereocenters. The third-order valence-corrected chi connectivity index (χ3v) is 4.75. The number of thioether (sulfide) groups is 1. The minimum atomic E-state index is -0.648. The van der Waals surface area contributed by atoms with Gasteiger partial charge in [0.05, 0.1) is 6.10 Å². The molecular formula is C15H22FNOS. The van der Waals surface area contributed by atoms with E-state index in [1.54, 1.807) is 13.8 Å². The summed E-state index contributed by atoms with van der Waals surface area (Å²) in [7, 11) is 0. The lowest BCUT2D eigenvalue weighted by molar-refractivity contribution is 0.199. The van der Waals surface area contributed by atoms with Crippen LogP contribution >= 0.6 is 11.8 Å². The minimum absolute atomic E-state index is 0.243. The summed E-state index contributed by atoms with van der Waals surface area (Å²) in [6, 6.07) is 3.35. The van der Waals surface area contributed by atoms with E-state index in [1.165, 1.54) is 6.07 Å². The van der Waals surface area contributed by atoms with Crippen LogP contribution in [0.3, 0.4) is 0 Å². The Balaban J connectivity index is 2.40. The third-order valence-electron chi connectivity index (χ3n) is 3.52. The van der Waals surface area contributed by atoms with Gasteiger partial charge in [-0.2, -0.15) is 11.8 Å². The first kappa shape index (κ1) is 14.7. The van der Waals surface area contributed by atoms with Gasteiger partial charge in [0.1, 0.15) is 5.82 Å². The molecule has 1 aliphatic rings. The molecule has 106 valence electrons. The van der Waals surface area contributed by atoms with Crippen molar-refractivity contribution in [2.75, 3.05) is 18.0 Å². The number of halogens is 1. The van der Waals surface area contributed by atoms with Crippen molar-refractivity contribution in [1.82, 2.24) is 0 Å². The molecule has 2 rings (SSSR count). The van der Waals surface area contributed by atoms with Gasteiger partial charge < -0.3 is 10.0 Å². The zero-order valence-electron chi connectivity index (χ0n) is 12.0. The van der Waals surface area contributed by atoms with Crippen molar-refractivity contribution in [1.29, 1.82) is 0 Å². The van der Waals surface area contributed by atoms with E-state index in [0.29, 0.717) is 21.6 Å². The molecule has 0 bridgehead atoms. The van der Waals surface area contributed by atoms with Gasteiger partial charge in [0, 0.05) is 34.8 Å². The number of hydrogen-bond donors (Lipinski definition) is 1. The molecule has 1 saturated heterocycles. The Hall–Kier alpha value is -0.740. The lowest BCUT2D eigenvalue weighted by Crippen LogP contribution is -2.41. The Bertz CT molecular complexity index is 454. The Morgan fingerprint density at radius 1 is 1.32 bits per heavy atom. The fourth-order valence-electron chi connectivity index (χ4n) is 2.66. The smallest absolute Gasteiger partial charge is 0.126 e. The van der Waals surface area contributed by atoms with Crippen LogP contribution in [0.1, 0.15) is 38.0 Å². The second kappa shape index (κ2) is 5.71. The molecule has 2 nitrogen and oxygen atoms in total. The van der Waals surface area contributed by atoms with Crippen LogP contribution in [0.5, 0.6) is 0 Å². The summed E-state index contributed by atoms with van der Waals surface area (Å²) in [6.07, 6.45) is -0.648. The molecule has 0 radical (unpaired) electrons. The van der Waals surface area contributed by atoms with Gasteiger partial charge in [-0.1, -0.05) is 13.8 Å². The lowest BCUT2D eigenvalue weighted by atomic mass is 10.0. The van der Waals surface area contributed by atoms with E-state index in [2.05, 4.69) is 18.7 Å². The zero-order valence-corrected chi connectivity index (χ0v) is 12.8. The van der Waals surface area contributed by atoms with Crippen LogP contribution < -0.4 is 4.90 Å². The molecule has 0 amide bonds. The van der Waals surface area contributed by atoms with Gasteiger partial charge in [-0.15, -0.1) is 0 Å². The number of benzene rings is 1. The average molecular weight is 283 g/mol. The summed E-state index contributed by atoms with van der Waals surface area (Å²) in [4.78, 5) is 2.28. The van der Waals surface area contributed by atoms with Crippen molar-refractivity contribution in [3.8, 4) is 0 Å². The molecule has 1 fully saturated rings. The van der Waals surface area contributed by atoms with Crippen LogP contribution in [-0.2, 0) is 0 Å². The molecule has 1 heterocycles. The summed E-state index contributed by atoms with van der Waals surface area (Å²) in [6.45, 7) is 9.78. The first-order valence-electron chi connectivity index (χ1n) is 6.77. The van der Waals surface area contributed by atoms with Gasteiger partial charge >= 0.3 is 0 Å². The van der Waals surface area contributed by atoms with E-state index >= 15 is 0 Å². The molecule has 1 aromatic rings. The standard InChI is InChI=1S/C15H22FNOS/c1-9-5-15(13(12(4)18)6-14(9)16)17-7-10(2)19-11(3)8-17/h5-6,10-12,18H,7-8H2,1-4H3/t10?,11?,12-/m1/s1. The molecule has 1 aliphatic heterocycles. The Labute approximate surface area is 119 Å². The van der Waals surface area contributed by atoms with E-state index in [0.717, 1.165) is 18.8 Å². The summed E-state index contributed by atoms with van der Waals surface area (Å²) in [5.41, 5.74) is 2.31. The van der Waals surface area contributed by atoms with Crippen LogP contribution in [0.25, 0.3) is 0 Å². The van der Waals surface area contributed by atoms with Gasteiger partial charge in [0.2, 0.25) is 0 Å². The maximum Gasteiger partial charge on any atom is 0.126 e. The second-order valence-corrected chi connectivity index (χ2v) is 7.38. The molecule has 19 heavy (non-hydrogen) atoms. The van der Waals surface area contributed by atoms with Gasteiger partial charge in [-0.25, -0.2) is 4.39 Å². The molecule has 0 aliphatic carbocycles. The van der Waals surface area contributed by atoms with Crippen molar-refractivity contribution in [2.45, 2.75) is 44.3 Å². The van der Waals surface area contributed by atoms with Gasteiger partial charge in [0.25, 0.3) is 0 Å². The average Bonchev–Trinajstić information content (AvgIpc) is 2.30. The highest BCUT2D eigenvalue weighted by Crippen LogP contribution is 2.34. The number of nitrogens with zero attached hydrogens (tertiary/aromatic N) is 1. The molecular weight excluding hydrogens is 261 g/mol. The van der Waals surface area contributed by atoms with E-state index in [4.69, 9.17) is 0 Å². The SMILES string of the molecule is Cc1cc(N2CC(C)SC(C)C2)c([C@@H](C)O)cc1F. The predicted molar refractivity (Wildman–Crippen MR) is 80.5 cm³/mol. The lowest BCUT2D eigenvalue weighted by Gasteiger charge is -2.37. The molecule has 0 aromatic heterocycles. The minimum Gasteiger partial charge on any atom is -0.389 e.